The van der Waals surface area contributed by atoms with E-state index in [2.05, 4.69) is 58.1 Å². The Bertz CT molecular complexity index is 2460. The first-order valence-corrected chi connectivity index (χ1v) is 26.2. The fourth-order valence-corrected chi connectivity index (χ4v) is 16.2. The van der Waals surface area contributed by atoms with E-state index in [-0.39, 0.29) is 43.7 Å². The number of rotatable bonds is 14. The molecule has 4 N–H and O–H groups in total. The summed E-state index contributed by atoms with van der Waals surface area (Å²) < 4.78 is 35.0. The summed E-state index contributed by atoms with van der Waals surface area (Å²) >= 11 is 0. The van der Waals surface area contributed by atoms with E-state index in [9.17, 15) is 28.4 Å². The fraction of sp³-hybridized carbons (Fsp3) is 0.635. The Labute approximate surface area is 390 Å². The predicted octanol–water partition coefficient (Wildman–Crippen LogP) is 8.32. The molecule has 3 aromatic rings. The second-order valence-electron chi connectivity index (χ2n) is 22.8. The molecular formula is C52H70N6O7S. The predicted molar refractivity (Wildman–Crippen MR) is 256 cm³/mol. The van der Waals surface area contributed by atoms with E-state index < -0.39 is 26.3 Å². The van der Waals surface area contributed by atoms with E-state index in [1.807, 2.05) is 14.0 Å². The van der Waals surface area contributed by atoms with Gasteiger partial charge in [-0.25, -0.2) is 8.42 Å². The number of anilines is 2. The summed E-state index contributed by atoms with van der Waals surface area (Å²) in [6, 6.07) is 18.5. The largest absolute Gasteiger partial charge is 0.390 e. The molecule has 356 valence electrons. The monoisotopic (exact) mass is 923 g/mol. The number of nitrogens with one attached hydrogen (secondary N) is 1. The van der Waals surface area contributed by atoms with Crippen molar-refractivity contribution in [3.63, 3.8) is 0 Å². The van der Waals surface area contributed by atoms with Gasteiger partial charge in [-0.05, 0) is 155 Å². The van der Waals surface area contributed by atoms with Crippen LogP contribution in [-0.2, 0) is 14.6 Å². The van der Waals surface area contributed by atoms with Crippen molar-refractivity contribution < 1.29 is 28.0 Å². The number of piperazine rings is 1. The minimum atomic E-state index is -4.39. The molecule has 0 aromatic heterocycles. The van der Waals surface area contributed by atoms with Crippen LogP contribution in [0.15, 0.2) is 70.5 Å². The molecule has 13 nitrogen and oxygen atoms in total. The van der Waals surface area contributed by atoms with E-state index in [4.69, 9.17) is 10.5 Å². The van der Waals surface area contributed by atoms with Crippen molar-refractivity contribution in [1.29, 1.82) is 0 Å². The van der Waals surface area contributed by atoms with Gasteiger partial charge in [0.15, 0.2) is 0 Å². The number of carbonyl (C=O) groups is 1. The number of sulfone groups is 1. The Balaban J connectivity index is 0.831. The lowest BCUT2D eigenvalue weighted by atomic mass is 9.47. The molecule has 14 heteroatoms. The van der Waals surface area contributed by atoms with Crippen LogP contribution in [0.2, 0.25) is 0 Å². The average Bonchev–Trinajstić information content (AvgIpc) is 3.24. The SMILES string of the molecule is COC12C[C@@H]3C[C@@H](CC(CN4CCN(C5CC6(C5)CN(c5ccc(C(N)=O)c(S(=O)(=O)c7ccc(NCC8CCC(C)(O)CC8)c([N+](=O)[O-])c7)c5)C6)[C@H](c5ccccc5C(C)C)C4)(C3)C1)C2. The van der Waals surface area contributed by atoms with Crippen molar-refractivity contribution in [3.8, 4) is 0 Å². The maximum Gasteiger partial charge on any atom is 0.293 e. The van der Waals surface area contributed by atoms with Gasteiger partial charge in [-0.15, -0.1) is 0 Å². The number of nitro benzene ring substituents is 1. The summed E-state index contributed by atoms with van der Waals surface area (Å²) in [5.41, 5.74) is 8.92. The average molecular weight is 923 g/mol. The summed E-state index contributed by atoms with van der Waals surface area (Å²) in [6.45, 7) is 12.8. The molecule has 1 amide bonds. The van der Waals surface area contributed by atoms with Gasteiger partial charge < -0.3 is 25.8 Å². The molecule has 1 spiro atoms. The number of nitrogens with two attached hydrogens (primary N) is 1. The lowest BCUT2D eigenvalue weighted by molar-refractivity contribution is -0.384. The van der Waals surface area contributed by atoms with E-state index in [0.717, 1.165) is 76.3 Å². The van der Waals surface area contributed by atoms with Crippen molar-refractivity contribution >= 4 is 32.8 Å². The summed E-state index contributed by atoms with van der Waals surface area (Å²) in [4.78, 5) is 31.7. The molecular weight excluding hydrogens is 853 g/mol. The van der Waals surface area contributed by atoms with Gasteiger partial charge in [-0.3, -0.25) is 24.7 Å². The van der Waals surface area contributed by atoms with Crippen LogP contribution in [0.5, 0.6) is 0 Å². The number of aliphatic hydroxyl groups is 1. The number of hydrogen-bond donors (Lipinski definition) is 3. The van der Waals surface area contributed by atoms with Gasteiger partial charge in [-0.1, -0.05) is 38.1 Å². The zero-order chi connectivity index (χ0) is 46.4. The Kier molecular flexibility index (Phi) is 11.7. The molecule has 3 aromatic carbocycles. The Morgan fingerprint density at radius 1 is 0.985 bits per heavy atom. The minimum Gasteiger partial charge on any atom is -0.390 e. The lowest BCUT2D eigenvalue weighted by Gasteiger charge is -2.64. The highest BCUT2D eigenvalue weighted by atomic mass is 32.2. The molecule has 6 aliphatic carbocycles. The number of benzene rings is 3. The number of methoxy groups -OCH3 is 1. The summed E-state index contributed by atoms with van der Waals surface area (Å²) in [5, 5.41) is 25.8. The standard InChI is InChI=1S/C52H70N6O7S/c1-34(2)41-7-5-6-8-42(41)46-29-55(31-50-22-36-19-37(23-50)25-52(24-36,30-50)65-4)17-18-57(46)39-26-51(27-39)32-56(33-51)38-9-11-43(48(53)59)47(20-38)66(63,64)40-10-12-44(45(21-40)58(61)62)54-28-35-13-15-49(3,60)16-14-35/h5-12,20-21,34-37,39,46,54,60H,13-19,22-33H2,1-4H3,(H2,53,59)/t35?,36-,37+,46-,49?,50?,52?/m0/s1. The molecule has 2 saturated heterocycles. The highest BCUT2D eigenvalue weighted by Gasteiger charge is 2.59. The minimum absolute atomic E-state index is 0.0835. The molecule has 11 rings (SSSR count). The van der Waals surface area contributed by atoms with E-state index in [0.29, 0.717) is 48.5 Å². The number of nitro groups is 1. The third kappa shape index (κ3) is 8.45. The first-order valence-electron chi connectivity index (χ1n) is 24.7. The lowest BCUT2D eigenvalue weighted by Crippen LogP contribution is -2.68. The molecule has 2 heterocycles. The molecule has 8 aliphatic rings. The van der Waals surface area contributed by atoms with E-state index in [1.54, 1.807) is 6.07 Å². The summed E-state index contributed by atoms with van der Waals surface area (Å²) in [5.74, 6) is 1.38. The zero-order valence-corrected chi connectivity index (χ0v) is 40.2. The van der Waals surface area contributed by atoms with Crippen LogP contribution in [0, 0.1) is 38.7 Å². The fourth-order valence-electron chi connectivity index (χ4n) is 14.7. The third-order valence-corrected chi connectivity index (χ3v) is 19.4. The summed E-state index contributed by atoms with van der Waals surface area (Å²) in [7, 11) is -2.44. The van der Waals surface area contributed by atoms with E-state index in [1.165, 1.54) is 80.5 Å². The van der Waals surface area contributed by atoms with Gasteiger partial charge in [0.25, 0.3) is 5.69 Å². The normalized spacial score (nSPS) is 32.1. The van der Waals surface area contributed by atoms with Crippen molar-refractivity contribution in [3.05, 3.63) is 87.5 Å². The number of nitrogens with zero attached hydrogens (tertiary/aromatic N) is 4. The number of ether oxygens (including phenoxy) is 1. The maximum atomic E-state index is 14.3. The second-order valence-corrected chi connectivity index (χ2v) is 24.8. The zero-order valence-electron chi connectivity index (χ0n) is 39.3. The number of primary amides is 1. The molecule has 2 aliphatic heterocycles. The number of amides is 1. The first-order chi connectivity index (χ1) is 31.4. The topological polar surface area (TPSA) is 172 Å². The van der Waals surface area contributed by atoms with E-state index >= 15 is 0 Å². The molecule has 4 bridgehead atoms. The highest BCUT2D eigenvalue weighted by Crippen LogP contribution is 2.63. The molecule has 8 fully saturated rings. The van der Waals surface area contributed by atoms with Gasteiger partial charge in [0, 0.05) is 82.2 Å². The summed E-state index contributed by atoms with van der Waals surface area (Å²) in [6.07, 6.45) is 12.8. The van der Waals surface area contributed by atoms with Crippen LogP contribution in [0.1, 0.15) is 131 Å². The van der Waals surface area contributed by atoms with Crippen molar-refractivity contribution in [1.82, 2.24) is 9.80 Å². The van der Waals surface area contributed by atoms with Gasteiger partial charge in [0.1, 0.15) is 5.69 Å². The maximum absolute atomic E-state index is 14.3. The Morgan fingerprint density at radius 2 is 1.70 bits per heavy atom. The highest BCUT2D eigenvalue weighted by molar-refractivity contribution is 7.91. The van der Waals surface area contributed by atoms with Crippen molar-refractivity contribution in [2.24, 2.45) is 34.3 Å². The van der Waals surface area contributed by atoms with Gasteiger partial charge in [0.05, 0.1) is 31.5 Å². The quantitative estimate of drug-likeness (QED) is 0.105. The van der Waals surface area contributed by atoms with Crippen molar-refractivity contribution in [2.45, 2.75) is 137 Å². The number of hydrogen-bond acceptors (Lipinski definition) is 11. The van der Waals surface area contributed by atoms with Crippen LogP contribution in [0.4, 0.5) is 17.1 Å². The Morgan fingerprint density at radius 3 is 2.36 bits per heavy atom. The number of carbonyl (C=O) groups excluding carboxylic acids is 1. The first kappa shape index (κ1) is 45.7. The van der Waals surface area contributed by atoms with Gasteiger partial charge in [-0.2, -0.15) is 0 Å². The molecule has 0 radical (unpaired) electrons. The molecule has 2 unspecified atom stereocenters. The van der Waals surface area contributed by atoms with Gasteiger partial charge >= 0.3 is 0 Å². The molecule has 66 heavy (non-hydrogen) atoms. The van der Waals surface area contributed by atoms with Gasteiger partial charge in [0.2, 0.25) is 15.7 Å². The second kappa shape index (κ2) is 16.9. The Hall–Kier alpha value is -4.08. The third-order valence-electron chi connectivity index (χ3n) is 17.6. The van der Waals surface area contributed by atoms with Crippen LogP contribution in [0.3, 0.4) is 0 Å². The van der Waals surface area contributed by atoms with Crippen LogP contribution in [-0.4, -0.2) is 104 Å². The van der Waals surface area contributed by atoms with Crippen LogP contribution >= 0.6 is 0 Å². The van der Waals surface area contributed by atoms with Crippen molar-refractivity contribution in [2.75, 3.05) is 63.1 Å². The smallest absolute Gasteiger partial charge is 0.293 e. The molecule has 6 saturated carbocycles. The van der Waals surface area contributed by atoms with Crippen LogP contribution < -0.4 is 16.0 Å². The van der Waals surface area contributed by atoms with Crippen LogP contribution in [0.25, 0.3) is 0 Å². The molecule has 5 atom stereocenters.